The van der Waals surface area contributed by atoms with Crippen molar-refractivity contribution in [3.63, 3.8) is 0 Å². The van der Waals surface area contributed by atoms with E-state index in [-0.39, 0.29) is 22.8 Å². The highest BCUT2D eigenvalue weighted by Crippen LogP contribution is 2.36. The maximum absolute atomic E-state index is 11.9. The van der Waals surface area contributed by atoms with Crippen LogP contribution in [0.1, 0.15) is 34.1 Å². The lowest BCUT2D eigenvalue weighted by atomic mass is 10.1. The van der Waals surface area contributed by atoms with Gasteiger partial charge in [-0.3, -0.25) is 14.5 Å². The molecule has 1 atom stereocenters. The third kappa shape index (κ3) is 4.02. The van der Waals surface area contributed by atoms with Crippen LogP contribution < -0.4 is 0 Å². The number of rotatable bonds is 4. The van der Waals surface area contributed by atoms with E-state index >= 15 is 0 Å². The zero-order valence-corrected chi connectivity index (χ0v) is 14.5. The second-order valence-corrected chi connectivity index (χ2v) is 11.7. The maximum atomic E-state index is 11.9. The van der Waals surface area contributed by atoms with Crippen molar-refractivity contribution in [1.29, 1.82) is 0 Å². The SMILES string of the molecule is CC(=O)N1CCC(/C=C/CO[Si](C)(C)C(C)(C)C)C1=O. The van der Waals surface area contributed by atoms with Crippen LogP contribution in [-0.2, 0) is 14.0 Å². The van der Waals surface area contributed by atoms with Gasteiger partial charge in [0.15, 0.2) is 8.32 Å². The van der Waals surface area contributed by atoms with Gasteiger partial charge >= 0.3 is 0 Å². The van der Waals surface area contributed by atoms with E-state index in [4.69, 9.17) is 4.43 Å². The number of carbonyl (C=O) groups excluding carboxylic acids is 2. The smallest absolute Gasteiger partial charge is 0.236 e. The Bertz CT molecular complexity index is 410. The fraction of sp³-hybridized carbons (Fsp3) is 0.733. The van der Waals surface area contributed by atoms with Gasteiger partial charge in [-0.15, -0.1) is 0 Å². The second kappa shape index (κ2) is 6.22. The minimum atomic E-state index is -1.73. The van der Waals surface area contributed by atoms with Gasteiger partial charge in [0.1, 0.15) is 0 Å². The van der Waals surface area contributed by atoms with Crippen molar-refractivity contribution in [1.82, 2.24) is 4.90 Å². The first kappa shape index (κ1) is 17.1. The molecule has 1 heterocycles. The molecular formula is C15H27NO3Si. The van der Waals surface area contributed by atoms with Crippen molar-refractivity contribution in [3.8, 4) is 0 Å². The van der Waals surface area contributed by atoms with Gasteiger partial charge in [-0.1, -0.05) is 32.9 Å². The lowest BCUT2D eigenvalue weighted by molar-refractivity contribution is -0.141. The molecule has 0 radical (unpaired) electrons. The van der Waals surface area contributed by atoms with Crippen molar-refractivity contribution in [2.45, 2.75) is 52.2 Å². The van der Waals surface area contributed by atoms with E-state index < -0.39 is 8.32 Å². The Kier molecular flexibility index (Phi) is 5.32. The first-order valence-corrected chi connectivity index (χ1v) is 10.1. The van der Waals surface area contributed by atoms with Gasteiger partial charge in [-0.2, -0.15) is 0 Å². The van der Waals surface area contributed by atoms with E-state index in [2.05, 4.69) is 33.9 Å². The van der Waals surface area contributed by atoms with E-state index in [1.165, 1.54) is 11.8 Å². The van der Waals surface area contributed by atoms with Gasteiger partial charge in [0.05, 0.1) is 12.5 Å². The standard InChI is InChI=1S/C15H27NO3Si/c1-12(17)16-10-9-13(14(16)18)8-7-11-19-20(5,6)15(2,3)4/h7-8,13H,9-11H2,1-6H3/b8-7+. The highest BCUT2D eigenvalue weighted by molar-refractivity contribution is 6.74. The molecule has 0 aromatic rings. The van der Waals surface area contributed by atoms with Crippen LogP contribution >= 0.6 is 0 Å². The number of amides is 2. The molecule has 0 aromatic heterocycles. The molecule has 114 valence electrons. The fourth-order valence-electron chi connectivity index (χ4n) is 1.89. The fourth-order valence-corrected chi connectivity index (χ4v) is 2.83. The molecular weight excluding hydrogens is 270 g/mol. The Morgan fingerprint density at radius 3 is 2.50 bits per heavy atom. The lowest BCUT2D eigenvalue weighted by Crippen LogP contribution is -2.40. The molecule has 0 bridgehead atoms. The molecule has 20 heavy (non-hydrogen) atoms. The Labute approximate surface area is 123 Å². The monoisotopic (exact) mass is 297 g/mol. The summed E-state index contributed by atoms with van der Waals surface area (Å²) in [6.07, 6.45) is 4.53. The molecule has 1 aliphatic heterocycles. The molecule has 1 aliphatic rings. The van der Waals surface area contributed by atoms with Crippen LogP contribution in [0.25, 0.3) is 0 Å². The van der Waals surface area contributed by atoms with Crippen LogP contribution in [0.2, 0.25) is 18.1 Å². The predicted molar refractivity (Wildman–Crippen MR) is 82.8 cm³/mol. The molecule has 2 amide bonds. The summed E-state index contributed by atoms with van der Waals surface area (Å²) in [5, 5.41) is 0.190. The average Bonchev–Trinajstić information content (AvgIpc) is 2.65. The summed E-state index contributed by atoms with van der Waals surface area (Å²) >= 11 is 0. The number of hydrogen-bond acceptors (Lipinski definition) is 3. The zero-order valence-electron chi connectivity index (χ0n) is 13.5. The summed E-state index contributed by atoms with van der Waals surface area (Å²) in [6, 6.07) is 0. The average molecular weight is 297 g/mol. The van der Waals surface area contributed by atoms with Gasteiger partial charge in [0, 0.05) is 13.5 Å². The minimum absolute atomic E-state index is 0.0823. The van der Waals surface area contributed by atoms with Crippen molar-refractivity contribution in [3.05, 3.63) is 12.2 Å². The van der Waals surface area contributed by atoms with E-state index in [1.807, 2.05) is 12.2 Å². The predicted octanol–water partition coefficient (Wildman–Crippen LogP) is 2.96. The van der Waals surface area contributed by atoms with Crippen LogP contribution in [-0.4, -0.2) is 38.2 Å². The molecule has 1 unspecified atom stereocenters. The molecule has 0 N–H and O–H groups in total. The summed E-state index contributed by atoms with van der Waals surface area (Å²) in [6.45, 7) is 13.5. The summed E-state index contributed by atoms with van der Waals surface area (Å²) in [4.78, 5) is 24.5. The molecule has 0 saturated carbocycles. The molecule has 0 spiro atoms. The summed E-state index contributed by atoms with van der Waals surface area (Å²) in [5.74, 6) is -0.411. The van der Waals surface area contributed by atoms with Crippen LogP contribution in [0.3, 0.4) is 0 Å². The first-order chi connectivity index (χ1) is 9.06. The first-order valence-electron chi connectivity index (χ1n) is 7.19. The van der Waals surface area contributed by atoms with Crippen molar-refractivity contribution < 1.29 is 14.0 Å². The van der Waals surface area contributed by atoms with Gasteiger partial charge in [0.25, 0.3) is 0 Å². The normalized spacial score (nSPS) is 21.0. The third-order valence-electron chi connectivity index (χ3n) is 4.34. The number of imide groups is 1. The minimum Gasteiger partial charge on any atom is -0.413 e. The van der Waals surface area contributed by atoms with E-state index in [1.54, 1.807) is 0 Å². The second-order valence-electron chi connectivity index (χ2n) is 6.90. The quantitative estimate of drug-likeness (QED) is 0.592. The molecule has 1 saturated heterocycles. The summed E-state index contributed by atoms with van der Waals surface area (Å²) in [5.41, 5.74) is 0. The highest BCUT2D eigenvalue weighted by atomic mass is 28.4. The van der Waals surface area contributed by atoms with E-state index in [0.717, 1.165) is 6.42 Å². The number of hydrogen-bond donors (Lipinski definition) is 0. The van der Waals surface area contributed by atoms with Crippen molar-refractivity contribution in [2.75, 3.05) is 13.2 Å². The Hall–Kier alpha value is -0.943. The van der Waals surface area contributed by atoms with E-state index in [9.17, 15) is 9.59 Å². The van der Waals surface area contributed by atoms with Gasteiger partial charge in [0.2, 0.25) is 11.8 Å². The van der Waals surface area contributed by atoms with Crippen LogP contribution in [0.5, 0.6) is 0 Å². The van der Waals surface area contributed by atoms with Crippen molar-refractivity contribution in [2.24, 2.45) is 5.92 Å². The molecule has 0 aliphatic carbocycles. The van der Waals surface area contributed by atoms with Crippen molar-refractivity contribution >= 4 is 20.1 Å². The molecule has 0 aromatic carbocycles. The Morgan fingerprint density at radius 1 is 1.45 bits per heavy atom. The highest BCUT2D eigenvalue weighted by Gasteiger charge is 2.37. The van der Waals surface area contributed by atoms with Crippen LogP contribution in [0.4, 0.5) is 0 Å². The van der Waals surface area contributed by atoms with Crippen LogP contribution in [0, 0.1) is 5.92 Å². The largest absolute Gasteiger partial charge is 0.413 e. The molecule has 4 nitrogen and oxygen atoms in total. The molecule has 1 fully saturated rings. The van der Waals surface area contributed by atoms with Gasteiger partial charge < -0.3 is 4.43 Å². The lowest BCUT2D eigenvalue weighted by Gasteiger charge is -2.35. The Morgan fingerprint density at radius 2 is 2.05 bits per heavy atom. The number of likely N-dealkylation sites (tertiary alicyclic amines) is 1. The topological polar surface area (TPSA) is 46.6 Å². The number of nitrogens with zero attached hydrogens (tertiary/aromatic N) is 1. The molecule has 1 rings (SSSR count). The van der Waals surface area contributed by atoms with Crippen LogP contribution in [0.15, 0.2) is 12.2 Å². The zero-order chi connectivity index (χ0) is 15.6. The number of carbonyl (C=O) groups is 2. The summed E-state index contributed by atoms with van der Waals surface area (Å²) in [7, 11) is -1.73. The van der Waals surface area contributed by atoms with Gasteiger partial charge in [-0.05, 0) is 24.6 Å². The van der Waals surface area contributed by atoms with Gasteiger partial charge in [-0.25, -0.2) is 0 Å². The molecule has 5 heteroatoms. The van der Waals surface area contributed by atoms with E-state index in [0.29, 0.717) is 13.2 Å². The Balaban J connectivity index is 2.48. The summed E-state index contributed by atoms with van der Waals surface area (Å²) < 4.78 is 6.02. The third-order valence-corrected chi connectivity index (χ3v) is 8.84. The maximum Gasteiger partial charge on any atom is 0.236 e.